The van der Waals surface area contributed by atoms with Gasteiger partial charge < -0.3 is 34.9 Å². The van der Waals surface area contributed by atoms with Crippen LogP contribution < -0.4 is 5.32 Å². The molecule has 15 nitrogen and oxygen atoms in total. The van der Waals surface area contributed by atoms with Crippen molar-refractivity contribution in [3.63, 3.8) is 0 Å². The molecule has 0 saturated carbocycles. The Morgan fingerprint density at radius 1 is 0.559 bits per heavy atom. The first-order valence-electron chi connectivity index (χ1n) is 33.2. The van der Waals surface area contributed by atoms with E-state index in [2.05, 4.69) is 109 Å². The minimum atomic E-state index is -0.918. The molecule has 8 heterocycles. The Kier molecular flexibility index (Phi) is 22.6. The van der Waals surface area contributed by atoms with E-state index in [-0.39, 0.29) is 59.8 Å². The lowest BCUT2D eigenvalue weighted by atomic mass is 9.81. The molecular formula is C72H92Cl4N10O5S2. The number of carbonyl (C=O) groups excluding carboxylic acids is 3. The second kappa shape index (κ2) is 29.7. The van der Waals surface area contributed by atoms with Crippen molar-refractivity contribution in [1.82, 2.24) is 39.6 Å². The quantitative estimate of drug-likeness (QED) is 0.124. The number of aliphatic carboxylic acids is 1. The molecule has 12 rings (SSSR count). The van der Waals surface area contributed by atoms with Gasteiger partial charge in [-0.2, -0.15) is 0 Å². The maximum atomic E-state index is 14.8. The minimum absolute atomic E-state index is 0.0312. The zero-order valence-corrected chi connectivity index (χ0v) is 60.5. The molecule has 0 unspecified atom stereocenters. The number of allylic oxidation sites excluding steroid dienone is 2. The van der Waals surface area contributed by atoms with Crippen molar-refractivity contribution in [3.8, 4) is 0 Å². The van der Waals surface area contributed by atoms with Crippen molar-refractivity contribution in [2.24, 2.45) is 21.8 Å². The number of hydrogen-bond donors (Lipinski definition) is 2. The molecule has 3 amide bonds. The van der Waals surface area contributed by atoms with Crippen LogP contribution in [0, 0.1) is 11.8 Å². The van der Waals surface area contributed by atoms with E-state index in [1.54, 1.807) is 13.8 Å². The average molecular weight is 1380 g/mol. The van der Waals surface area contributed by atoms with Gasteiger partial charge in [-0.15, -0.1) is 0 Å². The summed E-state index contributed by atoms with van der Waals surface area (Å²) in [5.41, 5.74) is 4.83. The molecule has 4 aromatic rings. The van der Waals surface area contributed by atoms with Crippen LogP contribution >= 0.6 is 69.9 Å². The second-order valence-corrected chi connectivity index (χ2v) is 30.9. The number of thioether (sulfide) groups is 2. The Hall–Kier alpha value is -5.08. The number of rotatable bonds is 14. The first-order chi connectivity index (χ1) is 44.2. The molecule has 500 valence electrons. The molecule has 8 aliphatic rings. The van der Waals surface area contributed by atoms with E-state index in [0.717, 1.165) is 121 Å². The van der Waals surface area contributed by atoms with Crippen LogP contribution in [0.15, 0.2) is 128 Å². The number of nitrogens with zero attached hydrogens (tertiary/aromatic N) is 9. The Labute approximate surface area is 579 Å². The minimum Gasteiger partial charge on any atom is -0.477 e. The predicted molar refractivity (Wildman–Crippen MR) is 382 cm³/mol. The number of carboxylic acid groups (broad SMARTS) is 1. The van der Waals surface area contributed by atoms with Gasteiger partial charge in [0.15, 0.2) is 10.3 Å². The van der Waals surface area contributed by atoms with E-state index < -0.39 is 17.0 Å². The normalized spacial score (nSPS) is 28.0. The van der Waals surface area contributed by atoms with Crippen molar-refractivity contribution in [2.75, 3.05) is 52.4 Å². The second-order valence-electron chi connectivity index (χ2n) is 27.2. The number of benzene rings is 4. The third-order valence-corrected chi connectivity index (χ3v) is 23.2. The fourth-order valence-electron chi connectivity index (χ4n) is 15.4. The number of aliphatic imine (C=N–C) groups is 2. The summed E-state index contributed by atoms with van der Waals surface area (Å²) in [4.78, 5) is 77.4. The summed E-state index contributed by atoms with van der Waals surface area (Å²) in [5.74, 6) is -0.314. The van der Waals surface area contributed by atoms with Gasteiger partial charge in [-0.1, -0.05) is 136 Å². The van der Waals surface area contributed by atoms with Gasteiger partial charge in [0.2, 0.25) is 11.8 Å². The molecule has 4 aromatic carbocycles. The largest absolute Gasteiger partial charge is 0.477 e. The Balaban J connectivity index is 0.000000170. The summed E-state index contributed by atoms with van der Waals surface area (Å²) in [7, 11) is 0. The summed E-state index contributed by atoms with van der Waals surface area (Å²) in [6.07, 6.45) is 6.80. The van der Waals surface area contributed by atoms with E-state index in [0.29, 0.717) is 42.2 Å². The van der Waals surface area contributed by atoms with Crippen LogP contribution in [0.4, 0.5) is 0 Å². The van der Waals surface area contributed by atoms with Crippen molar-refractivity contribution in [1.29, 1.82) is 0 Å². The van der Waals surface area contributed by atoms with Gasteiger partial charge in [0.1, 0.15) is 20.9 Å². The third kappa shape index (κ3) is 14.9. The molecular weight excluding hydrogens is 1290 g/mol. The van der Waals surface area contributed by atoms with Crippen LogP contribution in [0.5, 0.6) is 0 Å². The number of likely N-dealkylation sites (tertiary alicyclic amines) is 1. The molecule has 0 bridgehead atoms. The van der Waals surface area contributed by atoms with Crippen molar-refractivity contribution >= 4 is 104 Å². The first kappa shape index (κ1) is 70.7. The summed E-state index contributed by atoms with van der Waals surface area (Å²) in [6.45, 7) is 32.0. The lowest BCUT2D eigenvalue weighted by Crippen LogP contribution is -2.56. The Bertz CT molecular complexity index is 3520. The number of piperazine rings is 2. The monoisotopic (exact) mass is 1380 g/mol. The molecule has 2 N–H and O–H groups in total. The lowest BCUT2D eigenvalue weighted by molar-refractivity contribution is -0.134. The van der Waals surface area contributed by atoms with Crippen molar-refractivity contribution in [3.05, 3.63) is 161 Å². The van der Waals surface area contributed by atoms with E-state index >= 15 is 0 Å². The number of fused-ring (bicyclic) bond motifs is 2. The van der Waals surface area contributed by atoms with Crippen molar-refractivity contribution < 1.29 is 24.3 Å². The SMILES string of the molecule is CC(C)C1=C(C(=O)O)SC2=N[C@@](C)(c3ccc(Cl)cc3)[C@@H](c3ccc(Cl)cc3)N21.CC[C@@H]1CC[C@@H](CN2CCN(C(C)=O)[C@H](C)C2)N1.CC[C@@H]1CC[C@@H](CN2CCN(C(C)=O)[C@H](C)C2)N1C(=O)C1=C(C(C)C)N2C(=N[C@@](C)(c3ccc(Cl)cc3)[C@H]2c2ccc(Cl)cc2)S1. The summed E-state index contributed by atoms with van der Waals surface area (Å²) < 4.78 is 0. The van der Waals surface area contributed by atoms with E-state index in [1.165, 1.54) is 42.8 Å². The lowest BCUT2D eigenvalue weighted by Gasteiger charge is -2.42. The van der Waals surface area contributed by atoms with Gasteiger partial charge in [0.05, 0.1) is 12.1 Å². The van der Waals surface area contributed by atoms with Crippen LogP contribution in [0.3, 0.4) is 0 Å². The molecule has 8 aliphatic heterocycles. The molecule has 93 heavy (non-hydrogen) atoms. The van der Waals surface area contributed by atoms with Gasteiger partial charge in [0, 0.05) is 134 Å². The smallest absolute Gasteiger partial charge is 0.344 e. The molecule has 21 heteroatoms. The number of halogens is 4. The highest BCUT2D eigenvalue weighted by Gasteiger charge is 2.56. The summed E-state index contributed by atoms with van der Waals surface area (Å²) >= 11 is 27.7. The molecule has 0 aliphatic carbocycles. The zero-order valence-electron chi connectivity index (χ0n) is 55.8. The number of carbonyl (C=O) groups is 4. The highest BCUT2D eigenvalue weighted by Crippen LogP contribution is 2.58. The molecule has 0 radical (unpaired) electrons. The summed E-state index contributed by atoms with van der Waals surface area (Å²) in [6, 6.07) is 33.3. The van der Waals surface area contributed by atoms with E-state index in [1.807, 2.05) is 96.4 Å². The van der Waals surface area contributed by atoms with Crippen LogP contribution in [-0.4, -0.2) is 162 Å². The molecule has 10 atom stereocenters. The van der Waals surface area contributed by atoms with E-state index in [4.69, 9.17) is 56.4 Å². The highest BCUT2D eigenvalue weighted by atomic mass is 35.5. The Morgan fingerprint density at radius 2 is 0.957 bits per heavy atom. The van der Waals surface area contributed by atoms with Gasteiger partial charge in [-0.25, -0.2) is 14.8 Å². The van der Waals surface area contributed by atoms with Crippen molar-refractivity contribution in [2.45, 2.75) is 181 Å². The number of carboxylic acids is 1. The summed E-state index contributed by atoms with van der Waals surface area (Å²) in [5, 5.41) is 17.7. The maximum Gasteiger partial charge on any atom is 0.344 e. The number of hydrogen-bond acceptors (Lipinski definition) is 13. The fraction of sp³-hybridized carbons (Fsp3) is 0.528. The van der Waals surface area contributed by atoms with Gasteiger partial charge in [0.25, 0.3) is 5.91 Å². The standard InChI is InChI=1S/C36H45Cl2N5O2S.C22H20Cl2N2O2S.C14H27N3O/c1-7-29-16-17-30(21-40-18-19-41(24(5)44)23(4)20-40)42(29)34(45)32-31(22(2)3)43-33(25-8-12-27(37)13-9-25)36(6,39-35(43)46-32)26-10-14-28(38)15-11-26;1-12(2)17-18(20(27)28)29-21-25-22(3,14-6-10-16(24)11-7-14)19(26(17)21)13-4-8-15(23)9-5-13;1-4-13-5-6-14(15-13)10-16-7-8-17(12(3)18)11(2)9-16/h8-15,22-23,29-30,33H,7,16-21H2,1-6H3;4-12,19H,1-3H3,(H,27,28);11,13-15H,4-10H2,1-3H3/t23-,29-,30+,33-,36+;19-,22+;11-,13-,14+/m111/s1. The molecule has 4 saturated heterocycles. The van der Waals surface area contributed by atoms with Crippen LogP contribution in [0.25, 0.3) is 0 Å². The predicted octanol–water partition coefficient (Wildman–Crippen LogP) is 14.9. The van der Waals surface area contributed by atoms with E-state index in [9.17, 15) is 24.3 Å². The first-order valence-corrected chi connectivity index (χ1v) is 36.4. The highest BCUT2D eigenvalue weighted by molar-refractivity contribution is 8.18. The topological polar surface area (TPSA) is 148 Å². The number of amides is 3. The van der Waals surface area contributed by atoms with Crippen LogP contribution in [-0.2, 0) is 30.3 Å². The number of amidine groups is 2. The van der Waals surface area contributed by atoms with Gasteiger partial charge in [-0.05, 0) is 172 Å². The average Bonchev–Trinajstić information content (AvgIpc) is 1.57. The van der Waals surface area contributed by atoms with Crippen LogP contribution in [0.1, 0.15) is 156 Å². The molecule has 0 aromatic heterocycles. The van der Waals surface area contributed by atoms with Gasteiger partial charge in [-0.3, -0.25) is 24.2 Å². The van der Waals surface area contributed by atoms with Crippen LogP contribution in [0.2, 0.25) is 20.1 Å². The molecule has 0 spiro atoms. The molecule has 4 fully saturated rings. The van der Waals surface area contributed by atoms with Gasteiger partial charge >= 0.3 is 5.97 Å². The number of nitrogens with one attached hydrogen (secondary N) is 1. The Morgan fingerprint density at radius 3 is 1.34 bits per heavy atom. The zero-order chi connectivity index (χ0) is 67.0. The maximum absolute atomic E-state index is 14.8. The fourth-order valence-corrected chi connectivity index (χ4v) is 18.5. The third-order valence-electron chi connectivity index (χ3n) is 20.1.